The third kappa shape index (κ3) is 4.36. The number of anilines is 1. The Balaban J connectivity index is 1.88. The van der Waals surface area contributed by atoms with Gasteiger partial charge in [-0.1, -0.05) is 40.9 Å². The van der Waals surface area contributed by atoms with Crippen molar-refractivity contribution >= 4 is 45.7 Å². The highest BCUT2D eigenvalue weighted by atomic mass is 35.5. The number of pyridine rings is 1. The van der Waals surface area contributed by atoms with E-state index in [9.17, 15) is 4.79 Å². The average Bonchev–Trinajstić information content (AvgIpc) is 2.73. The Morgan fingerprint density at radius 1 is 1.00 bits per heavy atom. The number of aryl methyl sites for hydroxylation is 2. The molecule has 0 spiro atoms. The minimum absolute atomic E-state index is 0.239. The third-order valence-corrected chi connectivity index (χ3v) is 5.58. The SMILES string of the molecule is COc1cccc(NC(=O)c2cc(-c3ccc(Cl)cc3Cl)nc3c(C)cc(C)cc23)c1. The summed E-state index contributed by atoms with van der Waals surface area (Å²) >= 11 is 12.5. The van der Waals surface area contributed by atoms with Gasteiger partial charge < -0.3 is 10.1 Å². The molecule has 0 saturated carbocycles. The molecular weight excluding hydrogens is 431 g/mol. The molecule has 0 saturated heterocycles. The first-order valence-electron chi connectivity index (χ1n) is 9.68. The molecule has 1 aromatic heterocycles. The molecular formula is C25H20Cl2N2O2. The van der Waals surface area contributed by atoms with Gasteiger partial charge in [0, 0.05) is 27.7 Å². The van der Waals surface area contributed by atoms with Crippen molar-refractivity contribution in [3.63, 3.8) is 0 Å². The Morgan fingerprint density at radius 2 is 1.81 bits per heavy atom. The number of aromatic nitrogens is 1. The van der Waals surface area contributed by atoms with Crippen molar-refractivity contribution in [2.75, 3.05) is 12.4 Å². The molecule has 4 nitrogen and oxygen atoms in total. The van der Waals surface area contributed by atoms with Crippen molar-refractivity contribution in [2.24, 2.45) is 0 Å². The summed E-state index contributed by atoms with van der Waals surface area (Å²) in [6.45, 7) is 3.99. The standard InChI is InChI=1S/C25H20Cl2N2O2/c1-14-9-15(2)24-20(10-14)21(25(30)28-17-5-4-6-18(12-17)31-3)13-23(29-24)19-8-7-16(26)11-22(19)27/h4-13H,1-3H3,(H,28,30). The molecule has 4 aromatic rings. The lowest BCUT2D eigenvalue weighted by molar-refractivity contribution is 0.102. The van der Waals surface area contributed by atoms with Crippen molar-refractivity contribution < 1.29 is 9.53 Å². The van der Waals surface area contributed by atoms with Crippen LogP contribution >= 0.6 is 23.2 Å². The van der Waals surface area contributed by atoms with E-state index in [1.807, 2.05) is 50.2 Å². The van der Waals surface area contributed by atoms with Gasteiger partial charge in [-0.25, -0.2) is 4.98 Å². The highest BCUT2D eigenvalue weighted by Gasteiger charge is 2.17. The van der Waals surface area contributed by atoms with E-state index >= 15 is 0 Å². The maximum absolute atomic E-state index is 13.3. The summed E-state index contributed by atoms with van der Waals surface area (Å²) in [5.41, 5.74) is 5.27. The van der Waals surface area contributed by atoms with Crippen LogP contribution in [0.1, 0.15) is 21.5 Å². The summed E-state index contributed by atoms with van der Waals surface area (Å²) in [6.07, 6.45) is 0. The predicted molar refractivity (Wildman–Crippen MR) is 128 cm³/mol. The molecule has 31 heavy (non-hydrogen) atoms. The number of benzene rings is 3. The molecule has 0 unspecified atom stereocenters. The first kappa shape index (κ1) is 21.2. The molecule has 4 rings (SSSR count). The Labute approximate surface area is 190 Å². The van der Waals surface area contributed by atoms with Gasteiger partial charge in [-0.3, -0.25) is 4.79 Å². The molecule has 156 valence electrons. The topological polar surface area (TPSA) is 51.2 Å². The lowest BCUT2D eigenvalue weighted by atomic mass is 9.99. The van der Waals surface area contributed by atoms with E-state index in [0.717, 1.165) is 22.0 Å². The van der Waals surface area contributed by atoms with E-state index in [1.165, 1.54) is 0 Å². The van der Waals surface area contributed by atoms with E-state index in [1.54, 1.807) is 31.4 Å². The van der Waals surface area contributed by atoms with Crippen molar-refractivity contribution in [2.45, 2.75) is 13.8 Å². The number of carbonyl (C=O) groups excluding carboxylic acids is 1. The first-order chi connectivity index (χ1) is 14.9. The molecule has 0 aliphatic carbocycles. The summed E-state index contributed by atoms with van der Waals surface area (Å²) in [7, 11) is 1.59. The summed E-state index contributed by atoms with van der Waals surface area (Å²) in [6, 6.07) is 18.3. The number of ether oxygens (including phenoxy) is 1. The molecule has 0 aliphatic heterocycles. The molecule has 0 bridgehead atoms. The summed E-state index contributed by atoms with van der Waals surface area (Å²) in [4.78, 5) is 18.2. The zero-order valence-corrected chi connectivity index (χ0v) is 18.8. The molecule has 0 fully saturated rings. The van der Waals surface area contributed by atoms with Gasteiger partial charge in [0.15, 0.2) is 0 Å². The van der Waals surface area contributed by atoms with Crippen LogP contribution in [0.4, 0.5) is 5.69 Å². The second kappa shape index (κ2) is 8.58. The molecule has 0 aliphatic rings. The number of hydrogen-bond acceptors (Lipinski definition) is 3. The Bertz CT molecular complexity index is 1320. The lowest BCUT2D eigenvalue weighted by Gasteiger charge is -2.14. The minimum atomic E-state index is -0.239. The second-order valence-electron chi connectivity index (χ2n) is 7.34. The van der Waals surface area contributed by atoms with E-state index in [2.05, 4.69) is 5.32 Å². The molecule has 1 amide bonds. The number of rotatable bonds is 4. The van der Waals surface area contributed by atoms with Crippen LogP contribution in [-0.2, 0) is 0 Å². The van der Waals surface area contributed by atoms with Gasteiger partial charge in [-0.05, 0) is 61.9 Å². The van der Waals surface area contributed by atoms with Crippen LogP contribution in [0.25, 0.3) is 22.2 Å². The fourth-order valence-electron chi connectivity index (χ4n) is 3.60. The minimum Gasteiger partial charge on any atom is -0.497 e. The summed E-state index contributed by atoms with van der Waals surface area (Å²) in [5.74, 6) is 0.426. The zero-order chi connectivity index (χ0) is 22.1. The second-order valence-corrected chi connectivity index (χ2v) is 8.19. The van der Waals surface area contributed by atoms with Crippen molar-refractivity contribution in [1.82, 2.24) is 4.98 Å². The van der Waals surface area contributed by atoms with E-state index in [4.69, 9.17) is 32.9 Å². The fourth-order valence-corrected chi connectivity index (χ4v) is 4.11. The number of nitrogens with one attached hydrogen (secondary N) is 1. The predicted octanol–water partition coefficient (Wildman–Crippen LogP) is 7.09. The van der Waals surface area contributed by atoms with Crippen LogP contribution in [0.2, 0.25) is 10.0 Å². The van der Waals surface area contributed by atoms with E-state index < -0.39 is 0 Å². The number of carbonyl (C=O) groups is 1. The van der Waals surface area contributed by atoms with Crippen LogP contribution in [-0.4, -0.2) is 18.0 Å². The fraction of sp³-hybridized carbons (Fsp3) is 0.120. The van der Waals surface area contributed by atoms with Crippen LogP contribution in [0, 0.1) is 13.8 Å². The Morgan fingerprint density at radius 3 is 2.55 bits per heavy atom. The molecule has 1 heterocycles. The maximum atomic E-state index is 13.3. The third-order valence-electron chi connectivity index (χ3n) is 5.03. The monoisotopic (exact) mass is 450 g/mol. The molecule has 6 heteroatoms. The first-order valence-corrected chi connectivity index (χ1v) is 10.4. The van der Waals surface area contributed by atoms with E-state index in [-0.39, 0.29) is 5.91 Å². The van der Waals surface area contributed by atoms with E-state index in [0.29, 0.717) is 38.3 Å². The highest BCUT2D eigenvalue weighted by Crippen LogP contribution is 2.33. The van der Waals surface area contributed by atoms with Gasteiger partial charge in [-0.2, -0.15) is 0 Å². The molecule has 3 aromatic carbocycles. The maximum Gasteiger partial charge on any atom is 0.256 e. The van der Waals surface area contributed by atoms with Gasteiger partial charge in [-0.15, -0.1) is 0 Å². The smallest absolute Gasteiger partial charge is 0.256 e. The number of amides is 1. The van der Waals surface area contributed by atoms with Crippen molar-refractivity contribution in [3.8, 4) is 17.0 Å². The van der Waals surface area contributed by atoms with Crippen LogP contribution in [0.3, 0.4) is 0 Å². The van der Waals surface area contributed by atoms with Crippen molar-refractivity contribution in [3.05, 3.63) is 87.4 Å². The van der Waals surface area contributed by atoms with Crippen LogP contribution in [0.15, 0.2) is 60.7 Å². The number of nitrogens with zero attached hydrogens (tertiary/aromatic N) is 1. The van der Waals surface area contributed by atoms with Gasteiger partial charge >= 0.3 is 0 Å². The zero-order valence-electron chi connectivity index (χ0n) is 17.3. The average molecular weight is 451 g/mol. The molecule has 0 atom stereocenters. The molecule has 1 N–H and O–H groups in total. The normalized spacial score (nSPS) is 10.9. The quantitative estimate of drug-likeness (QED) is 0.361. The van der Waals surface area contributed by atoms with Gasteiger partial charge in [0.25, 0.3) is 5.91 Å². The van der Waals surface area contributed by atoms with Crippen LogP contribution < -0.4 is 10.1 Å². The summed E-state index contributed by atoms with van der Waals surface area (Å²) in [5, 5.41) is 4.76. The Hall–Kier alpha value is -3.08. The lowest BCUT2D eigenvalue weighted by Crippen LogP contribution is -2.13. The summed E-state index contributed by atoms with van der Waals surface area (Å²) < 4.78 is 5.26. The van der Waals surface area contributed by atoms with Crippen LogP contribution in [0.5, 0.6) is 5.75 Å². The number of fused-ring (bicyclic) bond motifs is 1. The van der Waals surface area contributed by atoms with Gasteiger partial charge in [0.1, 0.15) is 5.75 Å². The molecule has 0 radical (unpaired) electrons. The largest absolute Gasteiger partial charge is 0.497 e. The number of halogens is 2. The number of methoxy groups -OCH3 is 1. The number of hydrogen-bond donors (Lipinski definition) is 1. The Kier molecular flexibility index (Phi) is 5.86. The highest BCUT2D eigenvalue weighted by molar-refractivity contribution is 6.36. The van der Waals surface area contributed by atoms with Gasteiger partial charge in [0.05, 0.1) is 28.9 Å². The van der Waals surface area contributed by atoms with Crippen molar-refractivity contribution in [1.29, 1.82) is 0 Å². The van der Waals surface area contributed by atoms with Gasteiger partial charge in [0.2, 0.25) is 0 Å².